The van der Waals surface area contributed by atoms with Crippen molar-refractivity contribution in [2.45, 2.75) is 6.04 Å². The Balaban J connectivity index is 1.33. The molecule has 3 amide bonds. The molecule has 8 nitrogen and oxygen atoms in total. The first-order chi connectivity index (χ1) is 16.1. The summed E-state index contributed by atoms with van der Waals surface area (Å²) in [5.41, 5.74) is 2.31. The number of hydrogen-bond donors (Lipinski definition) is 1. The summed E-state index contributed by atoms with van der Waals surface area (Å²) in [4.78, 5) is 46.5. The average molecular weight is 442 g/mol. The van der Waals surface area contributed by atoms with Crippen LogP contribution >= 0.6 is 0 Å². The third kappa shape index (κ3) is 4.15. The number of amides is 3. The number of nitrogens with zero attached hydrogens (tertiary/aromatic N) is 3. The molecule has 0 bridgehead atoms. The Kier molecular flexibility index (Phi) is 5.48. The molecule has 3 heterocycles. The van der Waals surface area contributed by atoms with E-state index in [0.29, 0.717) is 29.2 Å². The number of hydrogen-bond acceptors (Lipinski definition) is 5. The molecule has 166 valence electrons. The molecule has 1 aromatic heterocycles. The summed E-state index contributed by atoms with van der Waals surface area (Å²) in [6.45, 7) is 0.577. The highest BCUT2D eigenvalue weighted by molar-refractivity contribution is 6.10. The third-order valence-electron chi connectivity index (χ3n) is 5.86. The van der Waals surface area contributed by atoms with Gasteiger partial charge in [0.25, 0.3) is 11.8 Å². The summed E-state index contributed by atoms with van der Waals surface area (Å²) in [6.07, 6.45) is 1.52. The molecular formula is C25H22N4O4. The van der Waals surface area contributed by atoms with Crippen molar-refractivity contribution in [1.82, 2.24) is 14.8 Å². The molecule has 2 aliphatic rings. The largest absolute Gasteiger partial charge is 0.484 e. The van der Waals surface area contributed by atoms with Crippen LogP contribution in [0.2, 0.25) is 0 Å². The fraction of sp³-hybridized carbons (Fsp3) is 0.200. The highest BCUT2D eigenvalue weighted by Crippen LogP contribution is 2.28. The van der Waals surface area contributed by atoms with Gasteiger partial charge in [0.1, 0.15) is 11.8 Å². The molecular weight excluding hydrogens is 420 g/mol. The molecule has 2 aromatic carbocycles. The summed E-state index contributed by atoms with van der Waals surface area (Å²) < 4.78 is 5.56. The zero-order valence-electron chi connectivity index (χ0n) is 17.8. The van der Waals surface area contributed by atoms with E-state index in [9.17, 15) is 14.4 Å². The fourth-order valence-corrected chi connectivity index (χ4v) is 4.10. The summed E-state index contributed by atoms with van der Waals surface area (Å²) in [5, 5.41) is 2.81. The molecule has 8 heteroatoms. The van der Waals surface area contributed by atoms with E-state index in [1.165, 1.54) is 11.1 Å². The van der Waals surface area contributed by atoms with E-state index < -0.39 is 6.04 Å². The average Bonchev–Trinajstić information content (AvgIpc) is 2.97. The van der Waals surface area contributed by atoms with Gasteiger partial charge in [0, 0.05) is 18.7 Å². The van der Waals surface area contributed by atoms with Crippen molar-refractivity contribution in [1.29, 1.82) is 0 Å². The van der Waals surface area contributed by atoms with Gasteiger partial charge >= 0.3 is 0 Å². The minimum atomic E-state index is -0.778. The van der Waals surface area contributed by atoms with Crippen LogP contribution in [-0.2, 0) is 9.59 Å². The van der Waals surface area contributed by atoms with Gasteiger partial charge in [0.15, 0.2) is 6.61 Å². The van der Waals surface area contributed by atoms with E-state index >= 15 is 0 Å². The second kappa shape index (κ2) is 8.74. The number of piperazine rings is 1. The number of rotatable bonds is 4. The lowest BCUT2D eigenvalue weighted by Gasteiger charge is -2.39. The Morgan fingerprint density at radius 2 is 1.76 bits per heavy atom. The predicted octanol–water partition coefficient (Wildman–Crippen LogP) is 2.43. The van der Waals surface area contributed by atoms with Crippen LogP contribution in [0.25, 0.3) is 11.3 Å². The lowest BCUT2D eigenvalue weighted by Crippen LogP contribution is -2.60. The number of fused-ring (bicyclic) bond motifs is 2. The zero-order valence-corrected chi connectivity index (χ0v) is 17.8. The number of nitrogens with one attached hydrogen (secondary N) is 1. The topological polar surface area (TPSA) is 91.8 Å². The molecule has 1 fully saturated rings. The van der Waals surface area contributed by atoms with Gasteiger partial charge in [-0.05, 0) is 18.2 Å². The molecule has 0 spiro atoms. The number of benzene rings is 2. The summed E-state index contributed by atoms with van der Waals surface area (Å²) in [6, 6.07) is 19.6. The molecule has 5 rings (SSSR count). The van der Waals surface area contributed by atoms with Crippen LogP contribution in [0.5, 0.6) is 5.75 Å². The molecule has 0 unspecified atom stereocenters. The van der Waals surface area contributed by atoms with Crippen molar-refractivity contribution in [3.8, 4) is 17.0 Å². The van der Waals surface area contributed by atoms with E-state index in [0.717, 1.165) is 5.56 Å². The standard InChI is InChI=1S/C25H22N4O4/c30-23(16-33-18-9-5-2-6-10-18)28-11-12-29-22(15-28)24(31)27-21-14-26-20(13-19(21)25(29)32)17-7-3-1-4-8-17/h1-10,13-14,22H,11-12,15-16H2,(H,27,31)/t22-/m0/s1. The molecule has 1 atom stereocenters. The fourth-order valence-electron chi connectivity index (χ4n) is 4.10. The van der Waals surface area contributed by atoms with E-state index in [-0.39, 0.29) is 37.4 Å². The Hall–Kier alpha value is -4.20. The summed E-state index contributed by atoms with van der Waals surface area (Å²) >= 11 is 0. The smallest absolute Gasteiger partial charge is 0.260 e. The number of carbonyl (C=O) groups is 3. The Labute approximate surface area is 190 Å². The minimum absolute atomic E-state index is 0.113. The SMILES string of the molecule is O=C1Nc2cnc(-c3ccccc3)cc2C(=O)N2CCN(C(=O)COc3ccccc3)C[C@@H]12. The molecule has 1 N–H and O–H groups in total. The van der Waals surface area contributed by atoms with Crippen LogP contribution < -0.4 is 10.1 Å². The van der Waals surface area contributed by atoms with Gasteiger partial charge < -0.3 is 19.9 Å². The van der Waals surface area contributed by atoms with Gasteiger partial charge in [-0.2, -0.15) is 0 Å². The maximum atomic E-state index is 13.4. The van der Waals surface area contributed by atoms with Crippen molar-refractivity contribution in [3.05, 3.63) is 78.5 Å². The van der Waals surface area contributed by atoms with Gasteiger partial charge in [-0.15, -0.1) is 0 Å². The first-order valence-corrected chi connectivity index (χ1v) is 10.7. The van der Waals surface area contributed by atoms with Crippen molar-refractivity contribution in [2.24, 2.45) is 0 Å². The Morgan fingerprint density at radius 1 is 1.03 bits per heavy atom. The van der Waals surface area contributed by atoms with Crippen LogP contribution in [0.1, 0.15) is 10.4 Å². The summed E-state index contributed by atoms with van der Waals surface area (Å²) in [5.74, 6) is -0.212. The maximum absolute atomic E-state index is 13.4. The second-order valence-electron chi connectivity index (χ2n) is 7.93. The third-order valence-corrected chi connectivity index (χ3v) is 5.86. The summed E-state index contributed by atoms with van der Waals surface area (Å²) in [7, 11) is 0. The minimum Gasteiger partial charge on any atom is -0.484 e. The predicted molar refractivity (Wildman–Crippen MR) is 122 cm³/mol. The van der Waals surface area contributed by atoms with Gasteiger partial charge in [-0.3, -0.25) is 19.4 Å². The van der Waals surface area contributed by atoms with Crippen LogP contribution in [0.4, 0.5) is 5.69 Å². The van der Waals surface area contributed by atoms with Crippen molar-refractivity contribution in [3.63, 3.8) is 0 Å². The van der Waals surface area contributed by atoms with E-state index in [1.54, 1.807) is 23.1 Å². The van der Waals surface area contributed by atoms with Gasteiger partial charge in [-0.1, -0.05) is 48.5 Å². The first-order valence-electron chi connectivity index (χ1n) is 10.7. The maximum Gasteiger partial charge on any atom is 0.260 e. The van der Waals surface area contributed by atoms with Crippen LogP contribution in [0.3, 0.4) is 0 Å². The Morgan fingerprint density at radius 3 is 2.52 bits per heavy atom. The normalized spacial score (nSPS) is 17.5. The lowest BCUT2D eigenvalue weighted by molar-refractivity contribution is -0.137. The van der Waals surface area contributed by atoms with Gasteiger partial charge in [0.2, 0.25) is 5.91 Å². The molecule has 0 radical (unpaired) electrons. The molecule has 1 saturated heterocycles. The van der Waals surface area contributed by atoms with Crippen LogP contribution in [0, 0.1) is 0 Å². The van der Waals surface area contributed by atoms with Crippen LogP contribution in [0.15, 0.2) is 72.9 Å². The quantitative estimate of drug-likeness (QED) is 0.670. The van der Waals surface area contributed by atoms with Crippen molar-refractivity contribution >= 4 is 23.4 Å². The highest BCUT2D eigenvalue weighted by Gasteiger charge is 2.40. The van der Waals surface area contributed by atoms with E-state index in [4.69, 9.17) is 4.74 Å². The highest BCUT2D eigenvalue weighted by atomic mass is 16.5. The number of anilines is 1. The van der Waals surface area contributed by atoms with Crippen LogP contribution in [-0.4, -0.2) is 64.8 Å². The lowest BCUT2D eigenvalue weighted by atomic mass is 10.1. The number of para-hydroxylation sites is 1. The number of ether oxygens (including phenoxy) is 1. The van der Waals surface area contributed by atoms with E-state index in [1.807, 2.05) is 48.5 Å². The number of carbonyl (C=O) groups excluding carboxylic acids is 3. The second-order valence-corrected chi connectivity index (χ2v) is 7.93. The number of pyridine rings is 1. The number of aromatic nitrogens is 1. The van der Waals surface area contributed by atoms with Gasteiger partial charge in [0.05, 0.1) is 29.7 Å². The van der Waals surface area contributed by atoms with Crippen molar-refractivity contribution < 1.29 is 19.1 Å². The molecule has 2 aliphatic heterocycles. The molecule has 3 aromatic rings. The Bertz CT molecular complexity index is 1200. The zero-order chi connectivity index (χ0) is 22.8. The monoisotopic (exact) mass is 442 g/mol. The van der Waals surface area contributed by atoms with E-state index in [2.05, 4.69) is 10.3 Å². The molecule has 0 saturated carbocycles. The van der Waals surface area contributed by atoms with Crippen molar-refractivity contribution in [2.75, 3.05) is 31.6 Å². The van der Waals surface area contributed by atoms with Gasteiger partial charge in [-0.25, -0.2) is 0 Å². The molecule has 0 aliphatic carbocycles. The first kappa shape index (κ1) is 20.7. The molecule has 33 heavy (non-hydrogen) atoms.